The summed E-state index contributed by atoms with van der Waals surface area (Å²) >= 11 is 1.35. The van der Waals surface area contributed by atoms with Crippen LogP contribution in [0.15, 0.2) is 52.5 Å². The summed E-state index contributed by atoms with van der Waals surface area (Å²) in [6.07, 6.45) is 1.42. The Kier molecular flexibility index (Phi) is 5.65. The average Bonchev–Trinajstić information content (AvgIpc) is 3.32. The molecule has 0 bridgehead atoms. The predicted octanol–water partition coefficient (Wildman–Crippen LogP) is 4.41. The molecular weight excluding hydrogens is 374 g/mol. The standard InChI is InChI=1S/C21H23N3O3S/c1-21(2,3)15-9-7-14(8-10-15)16-13-28-20(22-16)23-18(25)12-24(4)19(26)17-6-5-11-27-17/h5-11,13H,12H2,1-4H3,(H,22,23,25). The van der Waals surface area contributed by atoms with E-state index in [2.05, 4.69) is 43.2 Å². The van der Waals surface area contributed by atoms with E-state index >= 15 is 0 Å². The first-order chi connectivity index (χ1) is 13.2. The van der Waals surface area contributed by atoms with Crippen molar-refractivity contribution in [3.05, 3.63) is 59.4 Å². The number of nitrogens with zero attached hydrogens (tertiary/aromatic N) is 2. The smallest absolute Gasteiger partial charge is 0.289 e. The van der Waals surface area contributed by atoms with Gasteiger partial charge in [0.2, 0.25) is 5.91 Å². The highest BCUT2D eigenvalue weighted by atomic mass is 32.1. The van der Waals surface area contributed by atoms with Crippen molar-refractivity contribution in [1.82, 2.24) is 9.88 Å². The van der Waals surface area contributed by atoms with Crippen LogP contribution in [0.1, 0.15) is 36.9 Å². The van der Waals surface area contributed by atoms with E-state index in [0.29, 0.717) is 5.13 Å². The van der Waals surface area contributed by atoms with Gasteiger partial charge >= 0.3 is 0 Å². The molecule has 3 aromatic rings. The largest absolute Gasteiger partial charge is 0.459 e. The third-order valence-corrected chi connectivity index (χ3v) is 5.01. The van der Waals surface area contributed by atoms with Crippen LogP contribution >= 0.6 is 11.3 Å². The number of carbonyl (C=O) groups is 2. The molecule has 0 spiro atoms. The number of thiazole rings is 1. The highest BCUT2D eigenvalue weighted by molar-refractivity contribution is 7.14. The maximum Gasteiger partial charge on any atom is 0.289 e. The second kappa shape index (κ2) is 7.98. The van der Waals surface area contributed by atoms with E-state index in [1.165, 1.54) is 28.1 Å². The van der Waals surface area contributed by atoms with E-state index in [1.54, 1.807) is 19.2 Å². The van der Waals surface area contributed by atoms with Crippen LogP contribution in [0.4, 0.5) is 5.13 Å². The Morgan fingerprint density at radius 1 is 1.18 bits per heavy atom. The maximum atomic E-state index is 12.2. The number of carbonyl (C=O) groups excluding carboxylic acids is 2. The van der Waals surface area contributed by atoms with Crippen LogP contribution in [0.5, 0.6) is 0 Å². The van der Waals surface area contributed by atoms with Crippen LogP contribution < -0.4 is 5.32 Å². The molecule has 3 rings (SSSR count). The van der Waals surface area contributed by atoms with Crippen molar-refractivity contribution in [1.29, 1.82) is 0 Å². The minimum Gasteiger partial charge on any atom is -0.459 e. The fraction of sp³-hybridized carbons (Fsp3) is 0.286. The molecule has 2 heterocycles. The van der Waals surface area contributed by atoms with Crippen molar-refractivity contribution in [2.45, 2.75) is 26.2 Å². The second-order valence-corrected chi connectivity index (χ2v) is 8.41. The lowest BCUT2D eigenvalue weighted by atomic mass is 9.86. The molecule has 0 saturated carbocycles. The molecule has 6 nitrogen and oxygen atoms in total. The van der Waals surface area contributed by atoms with Gasteiger partial charge in [-0.15, -0.1) is 11.3 Å². The van der Waals surface area contributed by atoms with Gasteiger partial charge in [0.05, 0.1) is 12.0 Å². The molecule has 1 N–H and O–H groups in total. The number of rotatable bonds is 5. The zero-order valence-corrected chi connectivity index (χ0v) is 17.2. The van der Waals surface area contributed by atoms with E-state index < -0.39 is 0 Å². The Bertz CT molecular complexity index is 954. The molecule has 146 valence electrons. The summed E-state index contributed by atoms with van der Waals surface area (Å²) in [5.41, 5.74) is 3.15. The van der Waals surface area contributed by atoms with Crippen LogP contribution in [0.2, 0.25) is 0 Å². The number of nitrogens with one attached hydrogen (secondary N) is 1. The summed E-state index contributed by atoms with van der Waals surface area (Å²) in [6.45, 7) is 6.43. The minimum absolute atomic E-state index is 0.0886. The number of aromatic nitrogens is 1. The number of hydrogen-bond acceptors (Lipinski definition) is 5. The Balaban J connectivity index is 1.61. The lowest BCUT2D eigenvalue weighted by Gasteiger charge is -2.18. The minimum atomic E-state index is -0.348. The molecule has 0 radical (unpaired) electrons. The SMILES string of the molecule is CN(CC(=O)Nc1nc(-c2ccc(C(C)(C)C)cc2)cs1)C(=O)c1ccco1. The Hall–Kier alpha value is -2.93. The van der Waals surface area contributed by atoms with Crippen molar-refractivity contribution in [2.75, 3.05) is 18.9 Å². The van der Waals surface area contributed by atoms with Gasteiger partial charge in [-0.05, 0) is 23.1 Å². The van der Waals surface area contributed by atoms with E-state index in [1.807, 2.05) is 17.5 Å². The molecule has 7 heteroatoms. The monoisotopic (exact) mass is 397 g/mol. The molecule has 0 aliphatic rings. The number of furan rings is 1. The van der Waals surface area contributed by atoms with Gasteiger partial charge in [-0.1, -0.05) is 45.0 Å². The van der Waals surface area contributed by atoms with Crippen LogP contribution in [-0.2, 0) is 10.2 Å². The zero-order chi connectivity index (χ0) is 20.3. The fourth-order valence-electron chi connectivity index (χ4n) is 2.64. The lowest BCUT2D eigenvalue weighted by molar-refractivity contribution is -0.116. The normalized spacial score (nSPS) is 11.3. The molecule has 0 aliphatic carbocycles. The highest BCUT2D eigenvalue weighted by Crippen LogP contribution is 2.28. The summed E-state index contributed by atoms with van der Waals surface area (Å²) < 4.78 is 5.06. The van der Waals surface area contributed by atoms with Gasteiger partial charge in [-0.3, -0.25) is 9.59 Å². The first kappa shape index (κ1) is 19.8. The molecule has 2 amide bonds. The van der Waals surface area contributed by atoms with Crippen molar-refractivity contribution < 1.29 is 14.0 Å². The number of benzene rings is 1. The summed E-state index contributed by atoms with van der Waals surface area (Å²) in [4.78, 5) is 30.1. The van der Waals surface area contributed by atoms with Gasteiger partial charge < -0.3 is 14.6 Å². The zero-order valence-electron chi connectivity index (χ0n) is 16.4. The third kappa shape index (κ3) is 4.67. The van der Waals surface area contributed by atoms with Crippen molar-refractivity contribution in [3.63, 3.8) is 0 Å². The number of likely N-dealkylation sites (N-methyl/N-ethyl adjacent to an activating group) is 1. The van der Waals surface area contributed by atoms with Crippen molar-refractivity contribution in [3.8, 4) is 11.3 Å². The van der Waals surface area contributed by atoms with Gasteiger partial charge in [-0.25, -0.2) is 4.98 Å². The predicted molar refractivity (Wildman–Crippen MR) is 111 cm³/mol. The van der Waals surface area contributed by atoms with Crippen LogP contribution in [0.3, 0.4) is 0 Å². The molecule has 0 unspecified atom stereocenters. The first-order valence-electron chi connectivity index (χ1n) is 8.89. The lowest BCUT2D eigenvalue weighted by Crippen LogP contribution is -2.34. The maximum absolute atomic E-state index is 12.2. The van der Waals surface area contributed by atoms with E-state index in [-0.39, 0.29) is 29.5 Å². The summed E-state index contributed by atoms with van der Waals surface area (Å²) in [5.74, 6) is -0.462. The van der Waals surface area contributed by atoms with Gasteiger partial charge in [0, 0.05) is 18.0 Å². The summed E-state index contributed by atoms with van der Waals surface area (Å²) in [7, 11) is 1.55. The van der Waals surface area contributed by atoms with E-state index in [0.717, 1.165) is 11.3 Å². The Morgan fingerprint density at radius 2 is 1.89 bits per heavy atom. The third-order valence-electron chi connectivity index (χ3n) is 4.26. The number of amides is 2. The molecule has 0 fully saturated rings. The molecule has 2 aromatic heterocycles. The molecule has 0 aliphatic heterocycles. The van der Waals surface area contributed by atoms with Crippen LogP contribution in [0.25, 0.3) is 11.3 Å². The summed E-state index contributed by atoms with van der Waals surface area (Å²) in [5, 5.41) is 5.14. The van der Waals surface area contributed by atoms with E-state index in [9.17, 15) is 9.59 Å². The fourth-order valence-corrected chi connectivity index (χ4v) is 3.37. The van der Waals surface area contributed by atoms with Gasteiger partial charge in [0.15, 0.2) is 10.9 Å². The van der Waals surface area contributed by atoms with E-state index in [4.69, 9.17) is 4.42 Å². The summed E-state index contributed by atoms with van der Waals surface area (Å²) in [6, 6.07) is 11.5. The topological polar surface area (TPSA) is 75.4 Å². The number of hydrogen-bond donors (Lipinski definition) is 1. The van der Waals surface area contributed by atoms with Gasteiger partial charge in [0.1, 0.15) is 6.54 Å². The quantitative estimate of drug-likeness (QED) is 0.692. The van der Waals surface area contributed by atoms with Crippen molar-refractivity contribution >= 4 is 28.3 Å². The molecule has 0 saturated heterocycles. The number of anilines is 1. The van der Waals surface area contributed by atoms with Crippen LogP contribution in [-0.4, -0.2) is 35.3 Å². The van der Waals surface area contributed by atoms with Crippen molar-refractivity contribution in [2.24, 2.45) is 0 Å². The molecular formula is C21H23N3O3S. The Morgan fingerprint density at radius 3 is 2.50 bits per heavy atom. The average molecular weight is 398 g/mol. The molecule has 1 aromatic carbocycles. The van der Waals surface area contributed by atoms with Gasteiger partial charge in [-0.2, -0.15) is 0 Å². The second-order valence-electron chi connectivity index (χ2n) is 7.55. The molecule has 0 atom stereocenters. The Labute approximate surface area is 168 Å². The van der Waals surface area contributed by atoms with Crippen LogP contribution in [0, 0.1) is 0 Å². The first-order valence-corrected chi connectivity index (χ1v) is 9.77. The highest BCUT2D eigenvalue weighted by Gasteiger charge is 2.18. The van der Waals surface area contributed by atoms with Gasteiger partial charge in [0.25, 0.3) is 5.91 Å². The molecule has 28 heavy (non-hydrogen) atoms.